The van der Waals surface area contributed by atoms with Gasteiger partial charge in [-0.3, -0.25) is 9.10 Å². The average Bonchev–Trinajstić information content (AvgIpc) is 2.68. The Bertz CT molecular complexity index is 958. The van der Waals surface area contributed by atoms with Crippen molar-refractivity contribution in [2.75, 3.05) is 23.9 Å². The zero-order valence-electron chi connectivity index (χ0n) is 15.7. The molecule has 0 atom stereocenters. The minimum Gasteiger partial charge on any atom is -0.339 e. The predicted molar refractivity (Wildman–Crippen MR) is 110 cm³/mol. The molecule has 28 heavy (non-hydrogen) atoms. The summed E-state index contributed by atoms with van der Waals surface area (Å²) in [6.07, 6.45) is 1.42. The van der Waals surface area contributed by atoms with Crippen molar-refractivity contribution in [3.8, 4) is 0 Å². The van der Waals surface area contributed by atoms with Gasteiger partial charge in [0.05, 0.1) is 17.3 Å². The van der Waals surface area contributed by atoms with Gasteiger partial charge in [-0.25, -0.2) is 12.8 Å². The molecule has 0 radical (unpaired) electrons. The first kappa shape index (κ1) is 21.9. The van der Waals surface area contributed by atoms with Crippen LogP contribution < -0.4 is 4.31 Å². The van der Waals surface area contributed by atoms with E-state index in [1.54, 1.807) is 4.90 Å². The molecule has 0 aliphatic carbocycles. The van der Waals surface area contributed by atoms with E-state index in [-0.39, 0.29) is 33.6 Å². The minimum atomic E-state index is -4.12. The molecule has 0 bridgehead atoms. The van der Waals surface area contributed by atoms with Crippen molar-refractivity contribution < 1.29 is 17.6 Å². The fraction of sp³-hybridized carbons (Fsp3) is 0.250. The third kappa shape index (κ3) is 4.54. The third-order valence-electron chi connectivity index (χ3n) is 4.21. The van der Waals surface area contributed by atoms with E-state index in [1.807, 2.05) is 13.8 Å². The SMILES string of the molecule is C=CCN(c1ccc(F)cc1)S(=O)(=O)c1cc(C(=O)N(CC)CC)ccc1Cl. The Morgan fingerprint density at radius 2 is 1.75 bits per heavy atom. The van der Waals surface area contributed by atoms with Crippen LogP contribution in [0.3, 0.4) is 0 Å². The second-order valence-electron chi connectivity index (χ2n) is 5.92. The number of hydrogen-bond acceptors (Lipinski definition) is 3. The first-order valence-electron chi connectivity index (χ1n) is 8.74. The van der Waals surface area contributed by atoms with Crippen molar-refractivity contribution in [1.29, 1.82) is 0 Å². The number of carbonyl (C=O) groups excluding carboxylic acids is 1. The molecule has 8 heteroatoms. The normalized spacial score (nSPS) is 11.1. The fourth-order valence-corrected chi connectivity index (χ4v) is 4.65. The summed E-state index contributed by atoms with van der Waals surface area (Å²) in [5.41, 5.74) is 0.488. The van der Waals surface area contributed by atoms with Gasteiger partial charge in [0.1, 0.15) is 10.7 Å². The lowest BCUT2D eigenvalue weighted by Crippen LogP contribution is -2.33. The standard InChI is InChI=1S/C20H22ClFN2O3S/c1-4-13-24(17-10-8-16(22)9-11-17)28(26,27)19-14-15(7-12-18(19)21)20(25)23(5-2)6-3/h4,7-12,14H,1,5-6,13H2,2-3H3. The van der Waals surface area contributed by atoms with Crippen LogP contribution in [0.1, 0.15) is 24.2 Å². The quantitative estimate of drug-likeness (QED) is 0.592. The van der Waals surface area contributed by atoms with Gasteiger partial charge in [0.2, 0.25) is 0 Å². The number of nitrogens with zero attached hydrogens (tertiary/aromatic N) is 2. The highest BCUT2D eigenvalue weighted by atomic mass is 35.5. The van der Waals surface area contributed by atoms with Crippen molar-refractivity contribution in [2.45, 2.75) is 18.7 Å². The molecule has 150 valence electrons. The highest BCUT2D eigenvalue weighted by Gasteiger charge is 2.28. The van der Waals surface area contributed by atoms with Crippen LogP contribution in [-0.4, -0.2) is 38.9 Å². The van der Waals surface area contributed by atoms with Crippen LogP contribution in [-0.2, 0) is 10.0 Å². The van der Waals surface area contributed by atoms with E-state index in [1.165, 1.54) is 48.5 Å². The van der Waals surface area contributed by atoms with Gasteiger partial charge in [-0.1, -0.05) is 17.7 Å². The fourth-order valence-electron chi connectivity index (χ4n) is 2.71. The van der Waals surface area contributed by atoms with E-state index < -0.39 is 15.8 Å². The summed E-state index contributed by atoms with van der Waals surface area (Å²) < 4.78 is 40.9. The van der Waals surface area contributed by atoms with Crippen LogP contribution in [0.25, 0.3) is 0 Å². The van der Waals surface area contributed by atoms with Gasteiger partial charge in [0.15, 0.2) is 0 Å². The molecule has 0 aliphatic heterocycles. The molecule has 0 unspecified atom stereocenters. The van der Waals surface area contributed by atoms with Gasteiger partial charge in [-0.05, 0) is 56.3 Å². The van der Waals surface area contributed by atoms with Crippen molar-refractivity contribution in [2.24, 2.45) is 0 Å². The van der Waals surface area contributed by atoms with Gasteiger partial charge in [0.25, 0.3) is 15.9 Å². The number of rotatable bonds is 8. The molecule has 0 aliphatic rings. The molecule has 5 nitrogen and oxygen atoms in total. The summed E-state index contributed by atoms with van der Waals surface area (Å²) in [7, 11) is -4.12. The van der Waals surface area contributed by atoms with Crippen LogP contribution >= 0.6 is 11.6 Å². The maximum atomic E-state index is 13.3. The largest absolute Gasteiger partial charge is 0.339 e. The van der Waals surface area contributed by atoms with Crippen LogP contribution in [0.2, 0.25) is 5.02 Å². The number of carbonyl (C=O) groups is 1. The van der Waals surface area contributed by atoms with Gasteiger partial charge < -0.3 is 4.90 Å². The highest BCUT2D eigenvalue weighted by molar-refractivity contribution is 7.93. The molecule has 2 aromatic rings. The summed E-state index contributed by atoms with van der Waals surface area (Å²) in [6.45, 7) is 8.23. The van der Waals surface area contributed by atoms with Gasteiger partial charge >= 0.3 is 0 Å². The maximum Gasteiger partial charge on any atom is 0.266 e. The Kier molecular flexibility index (Phi) is 7.21. The Hall–Kier alpha value is -2.38. The van der Waals surface area contributed by atoms with E-state index in [0.717, 1.165) is 4.31 Å². The van der Waals surface area contributed by atoms with Gasteiger partial charge in [0, 0.05) is 18.7 Å². The first-order valence-corrected chi connectivity index (χ1v) is 10.6. The lowest BCUT2D eigenvalue weighted by molar-refractivity contribution is 0.0772. The van der Waals surface area contributed by atoms with Crippen molar-refractivity contribution in [1.82, 2.24) is 4.90 Å². The Balaban J connectivity index is 2.56. The number of halogens is 2. The number of amides is 1. The zero-order chi connectivity index (χ0) is 20.9. The summed E-state index contributed by atoms with van der Waals surface area (Å²) in [5, 5.41) is -0.00716. The van der Waals surface area contributed by atoms with E-state index in [4.69, 9.17) is 11.6 Å². The number of sulfonamides is 1. The van der Waals surface area contributed by atoms with Crippen molar-refractivity contribution >= 4 is 33.2 Å². The van der Waals surface area contributed by atoms with Crippen LogP contribution in [0, 0.1) is 5.82 Å². The molecule has 0 saturated carbocycles. The second kappa shape index (κ2) is 9.21. The molecule has 0 heterocycles. The number of anilines is 1. The van der Waals surface area contributed by atoms with E-state index in [9.17, 15) is 17.6 Å². The smallest absolute Gasteiger partial charge is 0.266 e. The average molecular weight is 425 g/mol. The van der Waals surface area contributed by atoms with Crippen molar-refractivity contribution in [3.05, 3.63) is 71.5 Å². The number of benzene rings is 2. The topological polar surface area (TPSA) is 57.7 Å². The van der Waals surface area contributed by atoms with Crippen LogP contribution in [0.5, 0.6) is 0 Å². The molecule has 0 spiro atoms. The molecule has 0 saturated heterocycles. The Morgan fingerprint density at radius 1 is 1.14 bits per heavy atom. The molecule has 1 amide bonds. The van der Waals surface area contributed by atoms with Crippen LogP contribution in [0.4, 0.5) is 10.1 Å². The molecule has 2 rings (SSSR count). The molecule has 0 aromatic heterocycles. The van der Waals surface area contributed by atoms with Crippen molar-refractivity contribution in [3.63, 3.8) is 0 Å². The molecular weight excluding hydrogens is 403 g/mol. The van der Waals surface area contributed by atoms with Crippen LogP contribution in [0.15, 0.2) is 60.0 Å². The van der Waals surface area contributed by atoms with E-state index >= 15 is 0 Å². The second-order valence-corrected chi connectivity index (χ2v) is 8.16. The maximum absolute atomic E-state index is 13.3. The Labute approximate surface area is 170 Å². The zero-order valence-corrected chi connectivity index (χ0v) is 17.3. The summed E-state index contributed by atoms with van der Waals surface area (Å²) in [5.74, 6) is -0.764. The molecule has 2 aromatic carbocycles. The predicted octanol–water partition coefficient (Wildman–Crippen LogP) is 4.34. The molecule has 0 fully saturated rings. The highest BCUT2D eigenvalue weighted by Crippen LogP contribution is 2.30. The Morgan fingerprint density at radius 3 is 2.29 bits per heavy atom. The summed E-state index contributed by atoms with van der Waals surface area (Å²) >= 11 is 6.17. The van der Waals surface area contributed by atoms with Gasteiger partial charge in [-0.2, -0.15) is 0 Å². The first-order chi connectivity index (χ1) is 13.3. The molecule has 0 N–H and O–H groups in total. The lowest BCUT2D eigenvalue weighted by atomic mass is 10.2. The monoisotopic (exact) mass is 424 g/mol. The molecular formula is C20H22ClFN2O3S. The van der Waals surface area contributed by atoms with E-state index in [2.05, 4.69) is 6.58 Å². The minimum absolute atomic E-state index is 0.00716. The lowest BCUT2D eigenvalue weighted by Gasteiger charge is -2.24. The number of hydrogen-bond donors (Lipinski definition) is 0. The van der Waals surface area contributed by atoms with Gasteiger partial charge in [-0.15, -0.1) is 6.58 Å². The summed E-state index contributed by atoms with van der Waals surface area (Å²) in [6, 6.07) is 9.22. The van der Waals surface area contributed by atoms with E-state index in [0.29, 0.717) is 13.1 Å². The summed E-state index contributed by atoms with van der Waals surface area (Å²) in [4.78, 5) is 14.0. The third-order valence-corrected chi connectivity index (χ3v) is 6.48.